The minimum atomic E-state index is -0.206. The number of aromatic nitrogens is 6. The van der Waals surface area contributed by atoms with Gasteiger partial charge in [0.05, 0.1) is 22.4 Å². The highest BCUT2D eigenvalue weighted by Crippen LogP contribution is 2.43. The Morgan fingerprint density at radius 2 is 0.700 bits per heavy atom. The summed E-state index contributed by atoms with van der Waals surface area (Å²) in [4.78, 5) is 19.4. The Balaban J connectivity index is 1.36. The van der Waals surface area contributed by atoms with Crippen LogP contribution in [0.2, 0.25) is 0 Å². The highest BCUT2D eigenvalue weighted by Gasteiger charge is 2.28. The zero-order valence-corrected chi connectivity index (χ0v) is 29.4. The van der Waals surface area contributed by atoms with Gasteiger partial charge in [0, 0.05) is 34.4 Å². The largest absolute Gasteiger partial charge is 0.294 e. The van der Waals surface area contributed by atoms with E-state index in [0.717, 1.165) is 78.7 Å². The number of hydrogen-bond donors (Lipinski definition) is 0. The molecule has 0 N–H and O–H groups in total. The first kappa shape index (κ1) is 31.4. The van der Waals surface area contributed by atoms with Gasteiger partial charge in [-0.25, -0.2) is 19.9 Å². The topological polar surface area (TPSA) is 61.4 Å². The Kier molecular flexibility index (Phi) is 7.48. The molecule has 0 aliphatic carbocycles. The fourth-order valence-electron chi connectivity index (χ4n) is 7.02. The summed E-state index contributed by atoms with van der Waals surface area (Å²) in [6.45, 7) is 13.2. The van der Waals surface area contributed by atoms with Crippen molar-refractivity contribution in [2.75, 3.05) is 0 Å². The van der Waals surface area contributed by atoms with E-state index < -0.39 is 0 Å². The van der Waals surface area contributed by atoms with Gasteiger partial charge in [0.15, 0.2) is 11.3 Å². The van der Waals surface area contributed by atoms with Gasteiger partial charge in [0.25, 0.3) is 0 Å². The molecule has 0 aliphatic heterocycles. The average Bonchev–Trinajstić information content (AvgIpc) is 3.72. The maximum absolute atomic E-state index is 5.05. The lowest BCUT2D eigenvalue weighted by atomic mass is 9.88. The van der Waals surface area contributed by atoms with Gasteiger partial charge in [-0.2, -0.15) is 0 Å². The number of fused-ring (bicyclic) bond motifs is 2. The molecule has 4 aromatic heterocycles. The first-order chi connectivity index (χ1) is 24.1. The maximum atomic E-state index is 5.05. The van der Waals surface area contributed by atoms with Crippen LogP contribution in [0.5, 0.6) is 0 Å². The molecule has 6 heteroatoms. The number of hydrogen-bond acceptors (Lipinski definition) is 4. The lowest BCUT2D eigenvalue weighted by Crippen LogP contribution is -2.18. The number of pyridine rings is 2. The summed E-state index contributed by atoms with van der Waals surface area (Å²) in [5, 5.41) is 0. The Labute approximate surface area is 293 Å². The van der Waals surface area contributed by atoms with Gasteiger partial charge < -0.3 is 0 Å². The second kappa shape index (κ2) is 11.9. The highest BCUT2D eigenvalue weighted by atomic mass is 15.1. The van der Waals surface area contributed by atoms with Crippen molar-refractivity contribution < 1.29 is 0 Å². The molecule has 0 bridgehead atoms. The van der Waals surface area contributed by atoms with Crippen LogP contribution >= 0.6 is 0 Å². The van der Waals surface area contributed by atoms with Gasteiger partial charge in [0.2, 0.25) is 0 Å². The van der Waals surface area contributed by atoms with Crippen molar-refractivity contribution in [2.24, 2.45) is 0 Å². The Morgan fingerprint density at radius 1 is 0.380 bits per heavy atom. The van der Waals surface area contributed by atoms with Crippen LogP contribution in [0.3, 0.4) is 0 Å². The molecule has 50 heavy (non-hydrogen) atoms. The van der Waals surface area contributed by atoms with Crippen LogP contribution in [0.25, 0.3) is 67.1 Å². The summed E-state index contributed by atoms with van der Waals surface area (Å²) in [7, 11) is 0. The van der Waals surface area contributed by atoms with E-state index in [1.165, 1.54) is 0 Å². The molecule has 0 amide bonds. The first-order valence-electron chi connectivity index (χ1n) is 17.2. The van der Waals surface area contributed by atoms with Gasteiger partial charge in [-0.05, 0) is 58.7 Å². The molecule has 0 fully saturated rings. The number of rotatable bonds is 5. The summed E-state index contributed by atoms with van der Waals surface area (Å²) in [6, 6.07) is 43.0. The van der Waals surface area contributed by atoms with Crippen LogP contribution < -0.4 is 0 Å². The molecule has 4 aromatic carbocycles. The van der Waals surface area contributed by atoms with Gasteiger partial charge in [-0.15, -0.1) is 0 Å². The van der Waals surface area contributed by atoms with Gasteiger partial charge in [-0.1, -0.05) is 126 Å². The van der Waals surface area contributed by atoms with Crippen molar-refractivity contribution in [3.63, 3.8) is 0 Å². The van der Waals surface area contributed by atoms with Crippen LogP contribution in [0, 0.1) is 0 Å². The zero-order chi connectivity index (χ0) is 34.6. The fraction of sp³-hybridized carbons (Fsp3) is 0.182. The van der Waals surface area contributed by atoms with Gasteiger partial charge in [0.1, 0.15) is 11.6 Å². The summed E-state index contributed by atoms with van der Waals surface area (Å²) in [5.41, 5.74) is 12.1. The highest BCUT2D eigenvalue weighted by molar-refractivity contribution is 5.96. The van der Waals surface area contributed by atoms with Gasteiger partial charge in [-0.3, -0.25) is 9.13 Å². The van der Waals surface area contributed by atoms with Crippen LogP contribution in [0.15, 0.2) is 134 Å². The molecule has 0 atom stereocenters. The summed E-state index contributed by atoms with van der Waals surface area (Å²) in [6.07, 6.45) is 3.63. The SMILES string of the molecule is CC(C)(C)c1nc2ncccc2n1-c1ccccc1-c1ccccc1-c1ccccc1-c1ccccc1-n1c(C(C)(C)C)nc2ncccc21. The zero-order valence-electron chi connectivity index (χ0n) is 29.4. The Morgan fingerprint density at radius 3 is 1.06 bits per heavy atom. The molecule has 8 rings (SSSR count). The third-order valence-electron chi connectivity index (χ3n) is 9.22. The molecule has 0 saturated carbocycles. The number of nitrogens with zero attached hydrogens (tertiary/aromatic N) is 6. The molecule has 0 aliphatic rings. The van der Waals surface area contributed by atoms with Crippen LogP contribution in [0.4, 0.5) is 0 Å². The van der Waals surface area contributed by atoms with Crippen molar-refractivity contribution >= 4 is 22.3 Å². The third-order valence-corrected chi connectivity index (χ3v) is 9.22. The van der Waals surface area contributed by atoms with E-state index in [4.69, 9.17) is 9.97 Å². The second-order valence-corrected chi connectivity index (χ2v) is 14.9. The quantitative estimate of drug-likeness (QED) is 0.186. The minimum absolute atomic E-state index is 0.206. The second-order valence-electron chi connectivity index (χ2n) is 14.9. The smallest absolute Gasteiger partial charge is 0.178 e. The van der Waals surface area contributed by atoms with Gasteiger partial charge >= 0.3 is 0 Å². The normalized spacial score (nSPS) is 12.2. The average molecular weight is 653 g/mol. The summed E-state index contributed by atoms with van der Waals surface area (Å²) in [5.74, 6) is 1.95. The van der Waals surface area contributed by atoms with E-state index in [-0.39, 0.29) is 10.8 Å². The number of imidazole rings is 2. The molecule has 4 heterocycles. The summed E-state index contributed by atoms with van der Waals surface area (Å²) < 4.78 is 4.59. The summed E-state index contributed by atoms with van der Waals surface area (Å²) >= 11 is 0. The first-order valence-corrected chi connectivity index (χ1v) is 17.2. The lowest BCUT2D eigenvalue weighted by molar-refractivity contribution is 0.539. The minimum Gasteiger partial charge on any atom is -0.294 e. The van der Waals surface area contributed by atoms with E-state index in [1.54, 1.807) is 0 Å². The molecule has 0 radical (unpaired) electrons. The van der Waals surface area contributed by atoms with Crippen molar-refractivity contribution in [1.82, 2.24) is 29.1 Å². The molecule has 0 spiro atoms. The van der Waals surface area contributed by atoms with E-state index in [9.17, 15) is 0 Å². The predicted octanol–water partition coefficient (Wildman–Crippen LogP) is 10.8. The van der Waals surface area contributed by atoms with Crippen LogP contribution in [0.1, 0.15) is 53.2 Å². The van der Waals surface area contributed by atoms with Crippen molar-refractivity contribution in [3.05, 3.63) is 145 Å². The lowest BCUT2D eigenvalue weighted by Gasteiger charge is -2.24. The molecule has 246 valence electrons. The standard InChI is InChI=1S/C44H40N6/c1-43(2,3)41-47-39-37(25-15-27-45-39)49(41)35-23-13-11-21-33(35)31-19-9-7-17-29(31)30-18-8-10-20-32(30)34-22-12-14-24-36(34)50-38-26-16-28-46-40(38)48-42(50)44(4,5)6/h7-28H,1-6H3. The monoisotopic (exact) mass is 652 g/mol. The number of benzene rings is 4. The van der Waals surface area contributed by atoms with Crippen molar-refractivity contribution in [3.8, 4) is 44.8 Å². The van der Waals surface area contributed by atoms with Crippen LogP contribution in [-0.4, -0.2) is 29.1 Å². The Bertz CT molecular complexity index is 2340. The molecular weight excluding hydrogens is 613 g/mol. The van der Waals surface area contributed by atoms with Crippen molar-refractivity contribution in [2.45, 2.75) is 52.4 Å². The van der Waals surface area contributed by atoms with E-state index >= 15 is 0 Å². The fourth-order valence-corrected chi connectivity index (χ4v) is 7.02. The molecule has 8 aromatic rings. The van der Waals surface area contributed by atoms with E-state index in [1.807, 2.05) is 24.5 Å². The predicted molar refractivity (Wildman–Crippen MR) is 205 cm³/mol. The number of para-hydroxylation sites is 2. The maximum Gasteiger partial charge on any atom is 0.178 e. The van der Waals surface area contributed by atoms with E-state index in [2.05, 4.69) is 170 Å². The Hall–Kier alpha value is -5.88. The molecular formula is C44H40N6. The molecule has 0 unspecified atom stereocenters. The third kappa shape index (κ3) is 5.28. The molecule has 0 saturated heterocycles. The van der Waals surface area contributed by atoms with E-state index in [0.29, 0.717) is 0 Å². The molecule has 6 nitrogen and oxygen atoms in total. The van der Waals surface area contributed by atoms with Crippen LogP contribution in [-0.2, 0) is 10.8 Å². The van der Waals surface area contributed by atoms with Crippen molar-refractivity contribution in [1.29, 1.82) is 0 Å².